The van der Waals surface area contributed by atoms with Crippen LogP contribution in [0.15, 0.2) is 30.3 Å². The average Bonchev–Trinajstić information content (AvgIpc) is 2.43. The molecule has 0 amide bonds. The van der Waals surface area contributed by atoms with E-state index < -0.39 is 0 Å². The summed E-state index contributed by atoms with van der Waals surface area (Å²) in [6.45, 7) is 6.28. The van der Waals surface area contributed by atoms with Gasteiger partial charge >= 0.3 is 0 Å². The zero-order valence-electron chi connectivity index (χ0n) is 11.7. The summed E-state index contributed by atoms with van der Waals surface area (Å²) >= 11 is 5.88. The molecule has 1 unspecified atom stereocenters. The van der Waals surface area contributed by atoms with E-state index in [2.05, 4.69) is 43.2 Å². The Morgan fingerprint density at radius 1 is 1.25 bits per heavy atom. The third kappa shape index (κ3) is 2.92. The van der Waals surface area contributed by atoms with E-state index in [1.165, 1.54) is 16.7 Å². The molecule has 20 heavy (non-hydrogen) atoms. The molecule has 0 radical (unpaired) electrons. The monoisotopic (exact) mass is 285 g/mol. The number of nitrogens with one attached hydrogen (secondary N) is 1. The minimum Gasteiger partial charge on any atom is -0.363 e. The summed E-state index contributed by atoms with van der Waals surface area (Å²) in [5.74, 6) is 0.652. The van der Waals surface area contributed by atoms with Crippen LogP contribution in [0.5, 0.6) is 0 Å². The van der Waals surface area contributed by atoms with Gasteiger partial charge in [-0.15, -0.1) is 0 Å². The molecular weight excluding hydrogens is 270 g/mol. The maximum Gasteiger partial charge on any atom is 0.161 e. The van der Waals surface area contributed by atoms with Crippen LogP contribution >= 0.6 is 11.6 Å². The van der Waals surface area contributed by atoms with Crippen LogP contribution in [0.4, 0.5) is 5.82 Å². The first-order valence-electron chi connectivity index (χ1n) is 6.42. The summed E-state index contributed by atoms with van der Waals surface area (Å²) in [6.07, 6.45) is 0. The van der Waals surface area contributed by atoms with E-state index in [9.17, 15) is 0 Å². The second-order valence-electron chi connectivity index (χ2n) is 4.79. The summed E-state index contributed by atoms with van der Waals surface area (Å²) in [6, 6.07) is 11.8. The molecule has 102 valence electrons. The van der Waals surface area contributed by atoms with Crippen LogP contribution in [0.1, 0.15) is 35.3 Å². The lowest BCUT2D eigenvalue weighted by molar-refractivity contribution is 0.861. The molecule has 2 aromatic rings. The zero-order chi connectivity index (χ0) is 14.7. The van der Waals surface area contributed by atoms with Crippen molar-refractivity contribution in [2.45, 2.75) is 26.8 Å². The molecule has 0 aliphatic rings. The van der Waals surface area contributed by atoms with Gasteiger partial charge in [0.2, 0.25) is 0 Å². The third-order valence-electron chi connectivity index (χ3n) is 3.43. The lowest BCUT2D eigenvalue weighted by Gasteiger charge is -2.18. The van der Waals surface area contributed by atoms with E-state index in [1.54, 1.807) is 12.1 Å². The first-order valence-corrected chi connectivity index (χ1v) is 6.80. The summed E-state index contributed by atoms with van der Waals surface area (Å²) in [5, 5.41) is 12.6. The number of hydrogen-bond donors (Lipinski definition) is 1. The van der Waals surface area contributed by atoms with Crippen molar-refractivity contribution in [2.24, 2.45) is 0 Å². The number of aryl methyl sites for hydroxylation is 1. The average molecular weight is 286 g/mol. The number of anilines is 1. The predicted octanol–water partition coefficient (Wildman–Crippen LogP) is 4.40. The zero-order valence-corrected chi connectivity index (χ0v) is 12.5. The molecule has 0 bridgehead atoms. The van der Waals surface area contributed by atoms with Crippen LogP contribution < -0.4 is 5.32 Å². The fourth-order valence-electron chi connectivity index (χ4n) is 2.14. The minimum atomic E-state index is 0.107. The summed E-state index contributed by atoms with van der Waals surface area (Å²) in [7, 11) is 0. The Balaban J connectivity index is 2.26. The molecule has 1 atom stereocenters. The van der Waals surface area contributed by atoms with Crippen molar-refractivity contribution in [1.82, 2.24) is 4.98 Å². The number of hydrogen-bond acceptors (Lipinski definition) is 3. The molecule has 0 spiro atoms. The van der Waals surface area contributed by atoms with Crippen molar-refractivity contribution < 1.29 is 0 Å². The van der Waals surface area contributed by atoms with Gasteiger partial charge in [0, 0.05) is 0 Å². The largest absolute Gasteiger partial charge is 0.363 e. The third-order valence-corrected chi connectivity index (χ3v) is 3.73. The number of nitrogens with zero attached hydrogens (tertiary/aromatic N) is 2. The molecule has 0 fully saturated rings. The van der Waals surface area contributed by atoms with E-state index >= 15 is 0 Å². The van der Waals surface area contributed by atoms with E-state index in [4.69, 9.17) is 16.9 Å². The van der Waals surface area contributed by atoms with Crippen molar-refractivity contribution in [2.75, 3.05) is 5.32 Å². The Bertz CT molecular complexity index is 674. The van der Waals surface area contributed by atoms with Crippen LogP contribution in [-0.4, -0.2) is 4.98 Å². The van der Waals surface area contributed by atoms with Crippen molar-refractivity contribution in [3.8, 4) is 6.07 Å². The molecule has 0 saturated heterocycles. The Hall–Kier alpha value is -2.05. The number of halogens is 1. The topological polar surface area (TPSA) is 48.7 Å². The molecule has 1 N–H and O–H groups in total. The Morgan fingerprint density at radius 2 is 2.00 bits per heavy atom. The highest BCUT2D eigenvalue weighted by atomic mass is 35.5. The predicted molar refractivity (Wildman–Crippen MR) is 81.9 cm³/mol. The van der Waals surface area contributed by atoms with E-state index in [0.717, 1.165) is 0 Å². The van der Waals surface area contributed by atoms with Gasteiger partial charge < -0.3 is 5.32 Å². The van der Waals surface area contributed by atoms with E-state index in [0.29, 0.717) is 10.8 Å². The van der Waals surface area contributed by atoms with Crippen LogP contribution in [0, 0.1) is 25.2 Å². The standard InChI is InChI=1S/C16H16ClN3/c1-10-5-4-6-13(11(10)2)12(3)19-16-8-7-14(17)15(9-18)20-16/h4-8,12H,1-3H3,(H,19,20). The van der Waals surface area contributed by atoms with Gasteiger partial charge in [0.25, 0.3) is 0 Å². The molecule has 4 heteroatoms. The summed E-state index contributed by atoms with van der Waals surface area (Å²) < 4.78 is 0. The van der Waals surface area contributed by atoms with Gasteiger partial charge in [-0.25, -0.2) is 4.98 Å². The second-order valence-corrected chi connectivity index (χ2v) is 5.20. The lowest BCUT2D eigenvalue weighted by Crippen LogP contribution is -2.10. The van der Waals surface area contributed by atoms with Crippen molar-refractivity contribution in [1.29, 1.82) is 5.26 Å². The Labute approximate surface area is 124 Å². The van der Waals surface area contributed by atoms with Gasteiger partial charge in [0.1, 0.15) is 11.9 Å². The van der Waals surface area contributed by atoms with E-state index in [-0.39, 0.29) is 11.7 Å². The van der Waals surface area contributed by atoms with Gasteiger partial charge in [-0.2, -0.15) is 5.26 Å². The van der Waals surface area contributed by atoms with Gasteiger partial charge in [-0.1, -0.05) is 29.8 Å². The highest BCUT2D eigenvalue weighted by molar-refractivity contribution is 6.31. The SMILES string of the molecule is Cc1cccc(C(C)Nc2ccc(Cl)c(C#N)n2)c1C. The Morgan fingerprint density at radius 3 is 2.70 bits per heavy atom. The van der Waals surface area contributed by atoms with Crippen molar-refractivity contribution in [3.05, 3.63) is 57.7 Å². The molecule has 0 aliphatic carbocycles. The lowest BCUT2D eigenvalue weighted by atomic mass is 9.98. The summed E-state index contributed by atoms with van der Waals surface area (Å²) in [5.41, 5.74) is 3.99. The van der Waals surface area contributed by atoms with Gasteiger partial charge in [-0.05, 0) is 49.6 Å². The fourth-order valence-corrected chi connectivity index (χ4v) is 2.29. The molecule has 2 rings (SSSR count). The molecule has 1 heterocycles. The second kappa shape index (κ2) is 5.94. The highest BCUT2D eigenvalue weighted by Crippen LogP contribution is 2.24. The number of nitriles is 1. The molecule has 3 nitrogen and oxygen atoms in total. The number of pyridine rings is 1. The molecule has 1 aromatic carbocycles. The van der Waals surface area contributed by atoms with Crippen LogP contribution in [0.2, 0.25) is 5.02 Å². The van der Waals surface area contributed by atoms with Crippen LogP contribution in [0.25, 0.3) is 0 Å². The summed E-state index contributed by atoms with van der Waals surface area (Å²) in [4.78, 5) is 4.20. The van der Waals surface area contributed by atoms with E-state index in [1.807, 2.05) is 12.1 Å². The smallest absolute Gasteiger partial charge is 0.161 e. The molecule has 0 aliphatic heterocycles. The minimum absolute atomic E-state index is 0.107. The number of aromatic nitrogens is 1. The van der Waals surface area contributed by atoms with Crippen molar-refractivity contribution in [3.63, 3.8) is 0 Å². The van der Waals surface area contributed by atoms with Crippen molar-refractivity contribution >= 4 is 17.4 Å². The first kappa shape index (κ1) is 14.4. The number of rotatable bonds is 3. The maximum atomic E-state index is 8.95. The quantitative estimate of drug-likeness (QED) is 0.909. The van der Waals surface area contributed by atoms with Gasteiger partial charge in [-0.3, -0.25) is 0 Å². The van der Waals surface area contributed by atoms with Gasteiger partial charge in [0.05, 0.1) is 11.1 Å². The first-order chi connectivity index (χ1) is 9.52. The number of benzene rings is 1. The van der Waals surface area contributed by atoms with Crippen LogP contribution in [0.3, 0.4) is 0 Å². The maximum absolute atomic E-state index is 8.95. The molecular formula is C16H16ClN3. The molecule has 1 aromatic heterocycles. The Kier molecular flexibility index (Phi) is 4.26. The fraction of sp³-hybridized carbons (Fsp3) is 0.250. The molecule has 0 saturated carbocycles. The normalized spacial score (nSPS) is 11.8. The van der Waals surface area contributed by atoms with Gasteiger partial charge in [0.15, 0.2) is 5.69 Å². The van der Waals surface area contributed by atoms with Crippen LogP contribution in [-0.2, 0) is 0 Å². The highest BCUT2D eigenvalue weighted by Gasteiger charge is 2.11.